The van der Waals surface area contributed by atoms with Crippen molar-refractivity contribution in [3.8, 4) is 5.75 Å². The molecule has 0 amide bonds. The summed E-state index contributed by atoms with van der Waals surface area (Å²) in [5.41, 5.74) is 2.91. The fraction of sp³-hybridized carbons (Fsp3) is 0.143. The quantitative estimate of drug-likeness (QED) is 0.788. The number of rotatable bonds is 3. The maximum absolute atomic E-state index is 5.21. The fourth-order valence-corrected chi connectivity index (χ4v) is 2.67. The number of benzene rings is 1. The summed E-state index contributed by atoms with van der Waals surface area (Å²) in [7, 11) is 1.67. The van der Waals surface area contributed by atoms with E-state index in [0.717, 1.165) is 32.5 Å². The Morgan fingerprint density at radius 1 is 1.21 bits per heavy atom. The van der Waals surface area contributed by atoms with Crippen LogP contribution in [0.15, 0.2) is 36.5 Å². The molecule has 2 aromatic heterocycles. The second-order valence-electron chi connectivity index (χ2n) is 4.17. The van der Waals surface area contributed by atoms with Gasteiger partial charge in [0.2, 0.25) is 0 Å². The Kier molecular flexibility index (Phi) is 3.05. The summed E-state index contributed by atoms with van der Waals surface area (Å²) in [6.07, 6.45) is 1.81. The summed E-state index contributed by atoms with van der Waals surface area (Å²) in [5, 5.41) is 4.12. The largest absolute Gasteiger partial charge is 0.497 e. The number of aryl methyl sites for hydroxylation is 1. The molecule has 0 atom stereocenters. The molecule has 0 bridgehead atoms. The molecule has 96 valence electrons. The smallest absolute Gasteiger partial charge is 0.188 e. The Bertz CT molecular complexity index is 706. The van der Waals surface area contributed by atoms with Crippen molar-refractivity contribution in [3.05, 3.63) is 42.2 Å². The average molecular weight is 271 g/mol. The zero-order chi connectivity index (χ0) is 13.2. The Labute approximate surface area is 115 Å². The predicted molar refractivity (Wildman–Crippen MR) is 78.4 cm³/mol. The van der Waals surface area contributed by atoms with E-state index in [1.807, 2.05) is 43.5 Å². The molecule has 1 N–H and O–H groups in total. The van der Waals surface area contributed by atoms with Gasteiger partial charge in [0.1, 0.15) is 5.75 Å². The molecule has 0 radical (unpaired) electrons. The van der Waals surface area contributed by atoms with E-state index in [1.54, 1.807) is 18.4 Å². The van der Waals surface area contributed by atoms with Crippen molar-refractivity contribution in [2.75, 3.05) is 12.4 Å². The van der Waals surface area contributed by atoms with E-state index in [-0.39, 0.29) is 0 Å². The zero-order valence-electron chi connectivity index (χ0n) is 10.7. The number of nitrogens with zero attached hydrogens (tertiary/aromatic N) is 2. The molecule has 5 heteroatoms. The molecule has 2 heterocycles. The van der Waals surface area contributed by atoms with Crippen LogP contribution >= 0.6 is 11.3 Å². The lowest BCUT2D eigenvalue weighted by Crippen LogP contribution is -1.90. The number of hydrogen-bond acceptors (Lipinski definition) is 5. The van der Waals surface area contributed by atoms with Gasteiger partial charge in [-0.15, -0.1) is 0 Å². The van der Waals surface area contributed by atoms with Crippen molar-refractivity contribution in [1.82, 2.24) is 9.97 Å². The van der Waals surface area contributed by atoms with Gasteiger partial charge in [0.25, 0.3) is 0 Å². The van der Waals surface area contributed by atoms with Crippen LogP contribution in [-0.4, -0.2) is 17.1 Å². The zero-order valence-corrected chi connectivity index (χ0v) is 11.5. The van der Waals surface area contributed by atoms with E-state index < -0.39 is 0 Å². The average Bonchev–Trinajstić information content (AvgIpc) is 2.82. The highest BCUT2D eigenvalue weighted by Crippen LogP contribution is 2.30. The van der Waals surface area contributed by atoms with Gasteiger partial charge in [-0.1, -0.05) is 11.3 Å². The van der Waals surface area contributed by atoms with Crippen molar-refractivity contribution in [2.24, 2.45) is 0 Å². The Hall–Kier alpha value is -2.14. The summed E-state index contributed by atoms with van der Waals surface area (Å²) in [6.45, 7) is 1.97. The van der Waals surface area contributed by atoms with Crippen LogP contribution in [-0.2, 0) is 0 Å². The van der Waals surface area contributed by atoms with E-state index in [0.29, 0.717) is 0 Å². The molecule has 0 unspecified atom stereocenters. The molecule has 0 fully saturated rings. The molecule has 3 rings (SSSR count). The van der Waals surface area contributed by atoms with Crippen molar-refractivity contribution in [2.45, 2.75) is 6.92 Å². The number of fused-ring (bicyclic) bond motifs is 1. The van der Waals surface area contributed by atoms with E-state index in [9.17, 15) is 0 Å². The molecule has 0 saturated carbocycles. The van der Waals surface area contributed by atoms with Gasteiger partial charge in [-0.25, -0.2) is 4.98 Å². The van der Waals surface area contributed by atoms with Crippen molar-refractivity contribution in [3.63, 3.8) is 0 Å². The fourth-order valence-electron chi connectivity index (χ4n) is 1.75. The molecule has 0 aliphatic heterocycles. The van der Waals surface area contributed by atoms with Crippen molar-refractivity contribution < 1.29 is 4.74 Å². The van der Waals surface area contributed by atoms with Crippen LogP contribution in [0.3, 0.4) is 0 Å². The number of hydrogen-bond donors (Lipinski definition) is 1. The standard InChI is InChI=1S/C14H13N3OS/c1-9-3-4-10(8-15-9)16-14-17-12-6-5-11(18-2)7-13(12)19-14/h3-8H,1-2H3,(H,16,17). The maximum Gasteiger partial charge on any atom is 0.188 e. The van der Waals surface area contributed by atoms with Crippen molar-refractivity contribution in [1.29, 1.82) is 0 Å². The van der Waals surface area contributed by atoms with Crippen LogP contribution in [0.25, 0.3) is 10.2 Å². The Morgan fingerprint density at radius 2 is 2.11 bits per heavy atom. The molecule has 0 spiro atoms. The first-order valence-corrected chi connectivity index (χ1v) is 6.70. The maximum atomic E-state index is 5.21. The highest BCUT2D eigenvalue weighted by molar-refractivity contribution is 7.22. The van der Waals surface area contributed by atoms with Crippen LogP contribution < -0.4 is 10.1 Å². The van der Waals surface area contributed by atoms with Gasteiger partial charge in [0, 0.05) is 5.69 Å². The Morgan fingerprint density at radius 3 is 2.84 bits per heavy atom. The van der Waals surface area contributed by atoms with Gasteiger partial charge in [-0.2, -0.15) is 0 Å². The number of aromatic nitrogens is 2. The van der Waals surface area contributed by atoms with Gasteiger partial charge in [0.05, 0.1) is 29.2 Å². The third-order valence-electron chi connectivity index (χ3n) is 2.76. The molecule has 4 nitrogen and oxygen atoms in total. The van der Waals surface area contributed by atoms with Crippen LogP contribution in [0.1, 0.15) is 5.69 Å². The van der Waals surface area contributed by atoms with Crippen LogP contribution in [0.5, 0.6) is 5.75 Å². The summed E-state index contributed by atoms with van der Waals surface area (Å²) in [4.78, 5) is 8.78. The molecule has 19 heavy (non-hydrogen) atoms. The first kappa shape index (κ1) is 11.9. The molecule has 0 aliphatic carbocycles. The van der Waals surface area contributed by atoms with Crippen LogP contribution in [0.2, 0.25) is 0 Å². The Balaban J connectivity index is 1.90. The minimum Gasteiger partial charge on any atom is -0.497 e. The SMILES string of the molecule is COc1ccc2nc(Nc3ccc(C)nc3)sc2c1. The number of anilines is 2. The topological polar surface area (TPSA) is 47.0 Å². The van der Waals surface area contributed by atoms with Crippen LogP contribution in [0.4, 0.5) is 10.8 Å². The molecular formula is C14H13N3OS. The highest BCUT2D eigenvalue weighted by Gasteiger charge is 2.05. The number of ether oxygens (including phenoxy) is 1. The van der Waals surface area contributed by atoms with Gasteiger partial charge >= 0.3 is 0 Å². The monoisotopic (exact) mass is 271 g/mol. The second kappa shape index (κ2) is 4.85. The molecule has 1 aromatic carbocycles. The minimum absolute atomic E-state index is 0.847. The van der Waals surface area contributed by atoms with E-state index >= 15 is 0 Å². The van der Waals surface area contributed by atoms with Gasteiger partial charge in [-0.05, 0) is 37.3 Å². The lowest BCUT2D eigenvalue weighted by Gasteiger charge is -2.01. The minimum atomic E-state index is 0.847. The summed E-state index contributed by atoms with van der Waals surface area (Å²) < 4.78 is 6.31. The first-order chi connectivity index (χ1) is 9.24. The summed E-state index contributed by atoms with van der Waals surface area (Å²) >= 11 is 1.60. The van der Waals surface area contributed by atoms with E-state index in [2.05, 4.69) is 15.3 Å². The highest BCUT2D eigenvalue weighted by atomic mass is 32.1. The number of thiazole rings is 1. The van der Waals surface area contributed by atoms with E-state index in [1.165, 1.54) is 0 Å². The van der Waals surface area contributed by atoms with Crippen molar-refractivity contribution >= 4 is 32.4 Å². The molecule has 3 aromatic rings. The number of nitrogens with one attached hydrogen (secondary N) is 1. The molecule has 0 aliphatic rings. The molecular weight excluding hydrogens is 258 g/mol. The number of methoxy groups -OCH3 is 1. The normalized spacial score (nSPS) is 10.6. The third-order valence-corrected chi connectivity index (χ3v) is 3.69. The lowest BCUT2D eigenvalue weighted by molar-refractivity contribution is 0.415. The third kappa shape index (κ3) is 2.51. The predicted octanol–water partition coefficient (Wildman–Crippen LogP) is 3.75. The number of pyridine rings is 1. The van der Waals surface area contributed by atoms with Gasteiger partial charge in [0.15, 0.2) is 5.13 Å². The van der Waals surface area contributed by atoms with Gasteiger partial charge < -0.3 is 10.1 Å². The molecule has 0 saturated heterocycles. The van der Waals surface area contributed by atoms with Crippen LogP contribution in [0, 0.1) is 6.92 Å². The summed E-state index contributed by atoms with van der Waals surface area (Å²) in [6, 6.07) is 9.84. The van der Waals surface area contributed by atoms with Gasteiger partial charge in [-0.3, -0.25) is 4.98 Å². The van der Waals surface area contributed by atoms with E-state index in [4.69, 9.17) is 4.74 Å². The first-order valence-electron chi connectivity index (χ1n) is 5.89. The lowest BCUT2D eigenvalue weighted by atomic mass is 10.3. The second-order valence-corrected chi connectivity index (χ2v) is 5.20. The summed E-state index contributed by atoms with van der Waals surface area (Å²) in [5.74, 6) is 0.847.